The van der Waals surface area contributed by atoms with E-state index in [1.54, 1.807) is 31.6 Å². The first-order chi connectivity index (χ1) is 8.58. The highest BCUT2D eigenvalue weighted by Crippen LogP contribution is 2.26. The SMILES string of the molecule is Cc1cc([N+](=O)[O-])c(C)cc1NCc1cnc[nH]1. The summed E-state index contributed by atoms with van der Waals surface area (Å²) in [5.41, 5.74) is 3.52. The van der Waals surface area contributed by atoms with Crippen molar-refractivity contribution < 1.29 is 4.92 Å². The van der Waals surface area contributed by atoms with Crippen LogP contribution in [0.5, 0.6) is 0 Å². The van der Waals surface area contributed by atoms with Crippen molar-refractivity contribution in [3.63, 3.8) is 0 Å². The fourth-order valence-corrected chi connectivity index (χ4v) is 1.76. The Morgan fingerprint density at radius 1 is 1.39 bits per heavy atom. The third kappa shape index (κ3) is 2.48. The Kier molecular flexibility index (Phi) is 3.27. The summed E-state index contributed by atoms with van der Waals surface area (Å²) in [4.78, 5) is 17.4. The Morgan fingerprint density at radius 2 is 2.17 bits per heavy atom. The minimum Gasteiger partial charge on any atom is -0.379 e. The van der Waals surface area contributed by atoms with E-state index < -0.39 is 0 Å². The summed E-state index contributed by atoms with van der Waals surface area (Å²) in [5, 5.41) is 14.0. The highest BCUT2D eigenvalue weighted by Gasteiger charge is 2.13. The molecule has 1 aromatic heterocycles. The lowest BCUT2D eigenvalue weighted by molar-refractivity contribution is -0.385. The van der Waals surface area contributed by atoms with Crippen molar-refractivity contribution in [1.29, 1.82) is 0 Å². The van der Waals surface area contributed by atoms with E-state index in [9.17, 15) is 10.1 Å². The maximum Gasteiger partial charge on any atom is 0.272 e. The van der Waals surface area contributed by atoms with Gasteiger partial charge in [-0.1, -0.05) is 0 Å². The lowest BCUT2D eigenvalue weighted by Crippen LogP contribution is -2.03. The topological polar surface area (TPSA) is 83.8 Å². The quantitative estimate of drug-likeness (QED) is 0.641. The number of rotatable bonds is 4. The van der Waals surface area contributed by atoms with Gasteiger partial charge in [-0.25, -0.2) is 4.98 Å². The Hall–Kier alpha value is -2.37. The van der Waals surface area contributed by atoms with Crippen molar-refractivity contribution in [3.8, 4) is 0 Å². The summed E-state index contributed by atoms with van der Waals surface area (Å²) in [7, 11) is 0. The fourth-order valence-electron chi connectivity index (χ4n) is 1.76. The minimum absolute atomic E-state index is 0.152. The van der Waals surface area contributed by atoms with Gasteiger partial charge in [-0.3, -0.25) is 10.1 Å². The third-order valence-corrected chi connectivity index (χ3v) is 2.76. The van der Waals surface area contributed by atoms with Gasteiger partial charge in [-0.05, 0) is 25.5 Å². The number of aromatic amines is 1. The van der Waals surface area contributed by atoms with E-state index in [1.165, 1.54) is 0 Å². The zero-order chi connectivity index (χ0) is 13.1. The molecule has 2 aromatic rings. The van der Waals surface area contributed by atoms with Crippen LogP contribution >= 0.6 is 0 Å². The molecule has 0 bridgehead atoms. The molecule has 18 heavy (non-hydrogen) atoms. The number of aryl methyl sites for hydroxylation is 2. The Labute approximate surface area is 104 Å². The molecule has 0 spiro atoms. The maximum atomic E-state index is 10.8. The van der Waals surface area contributed by atoms with Crippen molar-refractivity contribution in [3.05, 3.63) is 51.6 Å². The smallest absolute Gasteiger partial charge is 0.272 e. The molecule has 0 radical (unpaired) electrons. The molecule has 1 heterocycles. The molecule has 2 N–H and O–H groups in total. The second-order valence-corrected chi connectivity index (χ2v) is 4.14. The first kappa shape index (κ1) is 12.1. The molecule has 94 valence electrons. The van der Waals surface area contributed by atoms with Gasteiger partial charge in [0.05, 0.1) is 23.5 Å². The number of nitrogens with one attached hydrogen (secondary N) is 2. The molecule has 0 unspecified atom stereocenters. The first-order valence-electron chi connectivity index (χ1n) is 5.54. The second kappa shape index (κ2) is 4.87. The number of nitro groups is 1. The molecular formula is C12H14N4O2. The first-order valence-corrected chi connectivity index (χ1v) is 5.54. The third-order valence-electron chi connectivity index (χ3n) is 2.76. The number of hydrogen-bond donors (Lipinski definition) is 2. The van der Waals surface area contributed by atoms with Gasteiger partial charge in [0.2, 0.25) is 0 Å². The number of nitro benzene ring substituents is 1. The predicted molar refractivity (Wildman–Crippen MR) is 68.5 cm³/mol. The van der Waals surface area contributed by atoms with E-state index >= 15 is 0 Å². The summed E-state index contributed by atoms with van der Waals surface area (Å²) in [5.74, 6) is 0. The van der Waals surface area contributed by atoms with Crippen LogP contribution in [0, 0.1) is 24.0 Å². The normalized spacial score (nSPS) is 10.3. The van der Waals surface area contributed by atoms with Crippen LogP contribution in [0.4, 0.5) is 11.4 Å². The van der Waals surface area contributed by atoms with Crippen molar-refractivity contribution >= 4 is 11.4 Å². The van der Waals surface area contributed by atoms with Crippen molar-refractivity contribution in [1.82, 2.24) is 9.97 Å². The van der Waals surface area contributed by atoms with E-state index in [0.717, 1.165) is 16.9 Å². The van der Waals surface area contributed by atoms with Crippen molar-refractivity contribution in [2.45, 2.75) is 20.4 Å². The molecule has 0 fully saturated rings. The van der Waals surface area contributed by atoms with Gasteiger partial charge in [-0.2, -0.15) is 0 Å². The van der Waals surface area contributed by atoms with Gasteiger partial charge in [0.15, 0.2) is 0 Å². The zero-order valence-electron chi connectivity index (χ0n) is 10.2. The minimum atomic E-state index is -0.360. The van der Waals surface area contributed by atoms with Crippen LogP contribution in [-0.2, 0) is 6.54 Å². The van der Waals surface area contributed by atoms with E-state index in [0.29, 0.717) is 12.1 Å². The standard InChI is InChI=1S/C12H14N4O2/c1-8-4-12(16(17)18)9(2)3-11(8)14-6-10-5-13-7-15-10/h3-5,7,14H,6H2,1-2H3,(H,13,15). The monoisotopic (exact) mass is 246 g/mol. The average molecular weight is 246 g/mol. The highest BCUT2D eigenvalue weighted by molar-refractivity contribution is 5.59. The molecule has 2 rings (SSSR count). The van der Waals surface area contributed by atoms with Gasteiger partial charge >= 0.3 is 0 Å². The second-order valence-electron chi connectivity index (χ2n) is 4.14. The molecule has 1 aromatic carbocycles. The van der Waals surface area contributed by atoms with Crippen LogP contribution in [0.15, 0.2) is 24.7 Å². The van der Waals surface area contributed by atoms with E-state index in [4.69, 9.17) is 0 Å². The van der Waals surface area contributed by atoms with Crippen LogP contribution in [0.1, 0.15) is 16.8 Å². The summed E-state index contributed by atoms with van der Waals surface area (Å²) in [6, 6.07) is 3.38. The van der Waals surface area contributed by atoms with Crippen LogP contribution in [0.2, 0.25) is 0 Å². The molecular weight excluding hydrogens is 232 g/mol. The number of aromatic nitrogens is 2. The molecule has 6 heteroatoms. The zero-order valence-corrected chi connectivity index (χ0v) is 10.2. The number of imidazole rings is 1. The molecule has 6 nitrogen and oxygen atoms in total. The molecule has 0 aliphatic carbocycles. The number of hydrogen-bond acceptors (Lipinski definition) is 4. The molecule has 0 saturated heterocycles. The van der Waals surface area contributed by atoms with Crippen LogP contribution in [-0.4, -0.2) is 14.9 Å². The summed E-state index contributed by atoms with van der Waals surface area (Å²) < 4.78 is 0. The summed E-state index contributed by atoms with van der Waals surface area (Å²) >= 11 is 0. The molecule has 0 atom stereocenters. The van der Waals surface area contributed by atoms with Crippen LogP contribution < -0.4 is 5.32 Å². The van der Waals surface area contributed by atoms with Gasteiger partial charge in [0, 0.05) is 23.5 Å². The van der Waals surface area contributed by atoms with Crippen LogP contribution in [0.25, 0.3) is 0 Å². The lowest BCUT2D eigenvalue weighted by atomic mass is 10.1. The number of benzene rings is 1. The lowest BCUT2D eigenvalue weighted by Gasteiger charge is -2.10. The number of nitrogens with zero attached hydrogens (tertiary/aromatic N) is 2. The van der Waals surface area contributed by atoms with Gasteiger partial charge in [0.25, 0.3) is 5.69 Å². The maximum absolute atomic E-state index is 10.8. The van der Waals surface area contributed by atoms with Gasteiger partial charge in [0.1, 0.15) is 0 Å². The van der Waals surface area contributed by atoms with Gasteiger partial charge in [-0.15, -0.1) is 0 Å². The number of anilines is 1. The molecule has 0 saturated carbocycles. The van der Waals surface area contributed by atoms with E-state index in [1.807, 2.05) is 6.92 Å². The molecule has 0 amide bonds. The van der Waals surface area contributed by atoms with Crippen molar-refractivity contribution in [2.75, 3.05) is 5.32 Å². The Morgan fingerprint density at radius 3 is 2.78 bits per heavy atom. The fraction of sp³-hybridized carbons (Fsp3) is 0.250. The highest BCUT2D eigenvalue weighted by atomic mass is 16.6. The molecule has 0 aliphatic heterocycles. The predicted octanol–water partition coefficient (Wildman–Crippen LogP) is 2.55. The molecule has 0 aliphatic rings. The Balaban J connectivity index is 2.19. The summed E-state index contributed by atoms with van der Waals surface area (Å²) in [6.45, 7) is 4.19. The van der Waals surface area contributed by atoms with Gasteiger partial charge < -0.3 is 10.3 Å². The van der Waals surface area contributed by atoms with E-state index in [-0.39, 0.29) is 10.6 Å². The van der Waals surface area contributed by atoms with Crippen molar-refractivity contribution in [2.24, 2.45) is 0 Å². The van der Waals surface area contributed by atoms with E-state index in [2.05, 4.69) is 15.3 Å². The number of H-pyrrole nitrogens is 1. The largest absolute Gasteiger partial charge is 0.379 e. The average Bonchev–Trinajstić information content (AvgIpc) is 2.82. The summed E-state index contributed by atoms with van der Waals surface area (Å²) in [6.07, 6.45) is 3.35. The van der Waals surface area contributed by atoms with Crippen LogP contribution in [0.3, 0.4) is 0 Å². The Bertz CT molecular complexity index is 564.